The molecule has 1 unspecified atom stereocenters. The monoisotopic (exact) mass is 350 g/mol. The Labute approximate surface area is 122 Å². The summed E-state index contributed by atoms with van der Waals surface area (Å²) >= 11 is 2.85. The van der Waals surface area contributed by atoms with Crippen LogP contribution in [0.15, 0.2) is 16.6 Å². The standard InChI is InChI=1S/C12H13BrF2N2O3/c1-6(18)17-11(12(19)20-2)5-16-10-4-8(14)7(13)3-9(10)15/h3-4,11,16H,5H2,1-2H3,(H,17,18). The molecule has 1 rings (SSSR count). The van der Waals surface area contributed by atoms with E-state index in [9.17, 15) is 18.4 Å². The van der Waals surface area contributed by atoms with Crippen LogP contribution in [-0.4, -0.2) is 31.6 Å². The van der Waals surface area contributed by atoms with Crippen molar-refractivity contribution in [2.45, 2.75) is 13.0 Å². The van der Waals surface area contributed by atoms with Gasteiger partial charge in [-0.2, -0.15) is 0 Å². The quantitative estimate of drug-likeness (QED) is 0.627. The number of anilines is 1. The highest BCUT2D eigenvalue weighted by Crippen LogP contribution is 2.23. The van der Waals surface area contributed by atoms with Crippen molar-refractivity contribution >= 4 is 33.5 Å². The average Bonchev–Trinajstić information content (AvgIpc) is 2.38. The zero-order valence-electron chi connectivity index (χ0n) is 10.8. The average molecular weight is 351 g/mol. The number of carbonyl (C=O) groups is 2. The molecule has 0 saturated heterocycles. The summed E-state index contributed by atoms with van der Waals surface area (Å²) in [6.45, 7) is 1.10. The molecule has 0 fully saturated rings. The third-order valence-electron chi connectivity index (χ3n) is 2.37. The molecule has 20 heavy (non-hydrogen) atoms. The summed E-state index contributed by atoms with van der Waals surface area (Å²) in [4.78, 5) is 22.4. The van der Waals surface area contributed by atoms with Gasteiger partial charge in [0.25, 0.3) is 0 Å². The van der Waals surface area contributed by atoms with E-state index in [0.717, 1.165) is 19.2 Å². The lowest BCUT2D eigenvalue weighted by Gasteiger charge is -2.17. The van der Waals surface area contributed by atoms with Crippen LogP contribution in [0.4, 0.5) is 14.5 Å². The first-order chi connectivity index (χ1) is 9.35. The summed E-state index contributed by atoms with van der Waals surface area (Å²) in [5, 5.41) is 4.90. The normalized spacial score (nSPS) is 11.7. The molecule has 0 saturated carbocycles. The fourth-order valence-corrected chi connectivity index (χ4v) is 1.77. The molecule has 1 amide bonds. The summed E-state index contributed by atoms with van der Waals surface area (Å²) < 4.78 is 31.4. The van der Waals surface area contributed by atoms with Crippen LogP contribution >= 0.6 is 15.9 Å². The van der Waals surface area contributed by atoms with Crippen LogP contribution in [0, 0.1) is 11.6 Å². The van der Waals surface area contributed by atoms with Crippen LogP contribution in [0.3, 0.4) is 0 Å². The van der Waals surface area contributed by atoms with Gasteiger partial charge in [-0.3, -0.25) is 4.79 Å². The first kappa shape index (κ1) is 16.4. The third kappa shape index (κ3) is 4.44. The fraction of sp³-hybridized carbons (Fsp3) is 0.333. The third-order valence-corrected chi connectivity index (χ3v) is 2.98. The highest BCUT2D eigenvalue weighted by atomic mass is 79.9. The first-order valence-electron chi connectivity index (χ1n) is 5.58. The molecule has 110 valence electrons. The molecule has 0 spiro atoms. The second-order valence-electron chi connectivity index (χ2n) is 3.90. The molecule has 0 aliphatic rings. The van der Waals surface area contributed by atoms with Crippen molar-refractivity contribution < 1.29 is 23.1 Å². The van der Waals surface area contributed by atoms with Gasteiger partial charge in [0.1, 0.15) is 17.7 Å². The minimum atomic E-state index is -0.997. The molecule has 0 aliphatic carbocycles. The van der Waals surface area contributed by atoms with E-state index in [1.54, 1.807) is 0 Å². The molecule has 0 heterocycles. The van der Waals surface area contributed by atoms with Crippen LogP contribution in [-0.2, 0) is 14.3 Å². The minimum Gasteiger partial charge on any atom is -0.467 e. The maximum atomic E-state index is 13.6. The van der Waals surface area contributed by atoms with E-state index < -0.39 is 29.6 Å². The molecular formula is C12H13BrF2N2O3. The van der Waals surface area contributed by atoms with Crippen LogP contribution in [0.2, 0.25) is 0 Å². The lowest BCUT2D eigenvalue weighted by molar-refractivity contribution is -0.144. The fourth-order valence-electron chi connectivity index (χ4n) is 1.45. The van der Waals surface area contributed by atoms with E-state index in [0.29, 0.717) is 0 Å². The Kier molecular flexibility index (Phi) is 5.87. The number of esters is 1. The maximum Gasteiger partial charge on any atom is 0.330 e. The molecular weight excluding hydrogens is 338 g/mol. The summed E-state index contributed by atoms with van der Waals surface area (Å²) in [5.41, 5.74) is -0.120. The Hall–Kier alpha value is -1.70. The van der Waals surface area contributed by atoms with Gasteiger partial charge < -0.3 is 15.4 Å². The SMILES string of the molecule is COC(=O)C(CNc1cc(F)c(Br)cc1F)NC(C)=O. The number of hydrogen-bond acceptors (Lipinski definition) is 4. The summed E-state index contributed by atoms with van der Waals surface area (Å²) in [6.07, 6.45) is 0. The predicted octanol–water partition coefficient (Wildman–Crippen LogP) is 1.82. The number of benzene rings is 1. The molecule has 0 aromatic heterocycles. The number of amides is 1. The second-order valence-corrected chi connectivity index (χ2v) is 4.76. The zero-order chi connectivity index (χ0) is 15.3. The predicted molar refractivity (Wildman–Crippen MR) is 72.2 cm³/mol. The molecule has 1 atom stereocenters. The molecule has 0 bridgehead atoms. The Morgan fingerprint density at radius 1 is 1.35 bits per heavy atom. The van der Waals surface area contributed by atoms with E-state index >= 15 is 0 Å². The summed E-state index contributed by atoms with van der Waals surface area (Å²) in [5.74, 6) is -2.47. The molecule has 1 aromatic carbocycles. The summed E-state index contributed by atoms with van der Waals surface area (Å²) in [7, 11) is 1.16. The van der Waals surface area contributed by atoms with Gasteiger partial charge in [-0.25, -0.2) is 13.6 Å². The number of ether oxygens (including phenoxy) is 1. The number of hydrogen-bond donors (Lipinski definition) is 2. The molecule has 5 nitrogen and oxygen atoms in total. The smallest absolute Gasteiger partial charge is 0.330 e. The van der Waals surface area contributed by atoms with Crippen molar-refractivity contribution in [2.75, 3.05) is 19.0 Å². The summed E-state index contributed by atoms with van der Waals surface area (Å²) in [6, 6.07) is 0.911. The van der Waals surface area contributed by atoms with Crippen molar-refractivity contribution in [2.24, 2.45) is 0 Å². The van der Waals surface area contributed by atoms with Gasteiger partial charge in [0.15, 0.2) is 0 Å². The van der Waals surface area contributed by atoms with Gasteiger partial charge >= 0.3 is 5.97 Å². The lowest BCUT2D eigenvalue weighted by Crippen LogP contribution is -2.45. The largest absolute Gasteiger partial charge is 0.467 e. The van der Waals surface area contributed by atoms with Crippen LogP contribution in [0.5, 0.6) is 0 Å². The van der Waals surface area contributed by atoms with Crippen molar-refractivity contribution in [3.8, 4) is 0 Å². The number of halogens is 3. The highest BCUT2D eigenvalue weighted by Gasteiger charge is 2.20. The Bertz CT molecular complexity index is 526. The number of carbonyl (C=O) groups excluding carboxylic acids is 2. The Morgan fingerprint density at radius 3 is 2.55 bits per heavy atom. The van der Waals surface area contributed by atoms with E-state index in [1.165, 1.54) is 6.92 Å². The maximum absolute atomic E-state index is 13.6. The van der Waals surface area contributed by atoms with Gasteiger partial charge in [0.2, 0.25) is 5.91 Å². The molecule has 1 aromatic rings. The van der Waals surface area contributed by atoms with Crippen LogP contribution in [0.1, 0.15) is 6.92 Å². The van der Waals surface area contributed by atoms with Crippen molar-refractivity contribution in [1.82, 2.24) is 5.32 Å². The van der Waals surface area contributed by atoms with Crippen LogP contribution < -0.4 is 10.6 Å². The van der Waals surface area contributed by atoms with E-state index in [-0.39, 0.29) is 16.7 Å². The number of rotatable bonds is 5. The number of methoxy groups -OCH3 is 1. The van der Waals surface area contributed by atoms with Crippen molar-refractivity contribution in [1.29, 1.82) is 0 Å². The Balaban J connectivity index is 2.79. The first-order valence-corrected chi connectivity index (χ1v) is 6.37. The molecule has 2 N–H and O–H groups in total. The zero-order valence-corrected chi connectivity index (χ0v) is 12.4. The van der Waals surface area contributed by atoms with Gasteiger partial charge in [-0.15, -0.1) is 0 Å². The van der Waals surface area contributed by atoms with Crippen molar-refractivity contribution in [3.05, 3.63) is 28.2 Å². The topological polar surface area (TPSA) is 67.4 Å². The van der Waals surface area contributed by atoms with Crippen LogP contribution in [0.25, 0.3) is 0 Å². The van der Waals surface area contributed by atoms with Gasteiger partial charge in [0, 0.05) is 19.5 Å². The van der Waals surface area contributed by atoms with Gasteiger partial charge in [-0.05, 0) is 22.0 Å². The van der Waals surface area contributed by atoms with Gasteiger partial charge in [-0.1, -0.05) is 0 Å². The molecule has 0 aliphatic heterocycles. The van der Waals surface area contributed by atoms with E-state index in [2.05, 4.69) is 31.3 Å². The minimum absolute atomic E-state index is 0.00747. The highest BCUT2D eigenvalue weighted by molar-refractivity contribution is 9.10. The molecule has 8 heteroatoms. The second kappa shape index (κ2) is 7.18. The lowest BCUT2D eigenvalue weighted by atomic mass is 10.2. The Morgan fingerprint density at radius 2 is 2.00 bits per heavy atom. The number of nitrogens with one attached hydrogen (secondary N) is 2. The van der Waals surface area contributed by atoms with Crippen molar-refractivity contribution in [3.63, 3.8) is 0 Å². The van der Waals surface area contributed by atoms with E-state index in [4.69, 9.17) is 0 Å². The molecule has 0 radical (unpaired) electrons. The van der Waals surface area contributed by atoms with E-state index in [1.807, 2.05) is 0 Å². The van der Waals surface area contributed by atoms with Gasteiger partial charge in [0.05, 0.1) is 17.3 Å².